The van der Waals surface area contributed by atoms with Crippen molar-refractivity contribution in [1.82, 2.24) is 9.97 Å². The average Bonchev–Trinajstić information content (AvgIpc) is 2.84. The van der Waals surface area contributed by atoms with Crippen LogP contribution in [0.4, 0.5) is 5.95 Å². The number of aryl methyl sites for hydroxylation is 3. The Morgan fingerprint density at radius 3 is 2.88 bits per heavy atom. The third-order valence-corrected chi connectivity index (χ3v) is 6.37. The van der Waals surface area contributed by atoms with Gasteiger partial charge in [0.2, 0.25) is 5.95 Å². The summed E-state index contributed by atoms with van der Waals surface area (Å²) in [5.41, 5.74) is 5.82. The molecule has 1 N–H and O–H groups in total. The molecule has 2 aromatic rings. The molecule has 3 unspecified atom stereocenters. The zero-order valence-electron chi connectivity index (χ0n) is 14.2. The van der Waals surface area contributed by atoms with E-state index in [4.69, 9.17) is 4.98 Å². The van der Waals surface area contributed by atoms with Crippen molar-refractivity contribution in [3.63, 3.8) is 0 Å². The van der Waals surface area contributed by atoms with Gasteiger partial charge in [-0.15, -0.1) is 0 Å². The van der Waals surface area contributed by atoms with Gasteiger partial charge in [-0.3, -0.25) is 0 Å². The molecule has 1 saturated carbocycles. The third-order valence-electron chi connectivity index (χ3n) is 6.37. The first-order valence-electron chi connectivity index (χ1n) is 9.57. The predicted molar refractivity (Wildman–Crippen MR) is 96.3 cm³/mol. The molecule has 1 aromatic heterocycles. The van der Waals surface area contributed by atoms with Crippen LogP contribution in [0, 0.1) is 5.92 Å². The van der Waals surface area contributed by atoms with Gasteiger partial charge in [0, 0.05) is 17.9 Å². The number of hydrogen-bond donors (Lipinski definition) is 1. The second kappa shape index (κ2) is 5.87. The first-order chi connectivity index (χ1) is 11.9. The van der Waals surface area contributed by atoms with Gasteiger partial charge in [-0.2, -0.15) is 0 Å². The van der Waals surface area contributed by atoms with Crippen molar-refractivity contribution >= 4 is 5.95 Å². The van der Waals surface area contributed by atoms with Crippen molar-refractivity contribution in [2.24, 2.45) is 5.92 Å². The minimum atomic E-state index is 0.548. The Morgan fingerprint density at radius 2 is 1.88 bits per heavy atom. The quantitative estimate of drug-likeness (QED) is 0.840. The van der Waals surface area contributed by atoms with Crippen molar-refractivity contribution in [1.29, 1.82) is 0 Å². The number of rotatable bonds is 2. The minimum absolute atomic E-state index is 0.548. The summed E-state index contributed by atoms with van der Waals surface area (Å²) in [6.07, 6.45) is 12.0. The van der Waals surface area contributed by atoms with Crippen LogP contribution in [-0.4, -0.2) is 16.0 Å². The van der Waals surface area contributed by atoms with E-state index in [-0.39, 0.29) is 0 Å². The molecule has 0 bridgehead atoms. The molecule has 0 amide bonds. The lowest BCUT2D eigenvalue weighted by Crippen LogP contribution is -2.47. The second-order valence-corrected chi connectivity index (χ2v) is 7.72. The summed E-state index contributed by atoms with van der Waals surface area (Å²) in [6, 6.07) is 9.56. The second-order valence-electron chi connectivity index (χ2n) is 7.72. The molecule has 1 fully saturated rings. The molecule has 0 radical (unpaired) electrons. The lowest BCUT2D eigenvalue weighted by Gasteiger charge is -2.49. The molecule has 0 saturated heterocycles. The van der Waals surface area contributed by atoms with Gasteiger partial charge in [0.1, 0.15) is 0 Å². The Balaban J connectivity index is 1.31. The maximum atomic E-state index is 4.85. The van der Waals surface area contributed by atoms with Gasteiger partial charge < -0.3 is 5.32 Å². The molecule has 124 valence electrons. The van der Waals surface area contributed by atoms with E-state index < -0.39 is 0 Å². The minimum Gasteiger partial charge on any atom is -0.351 e. The van der Waals surface area contributed by atoms with Crippen LogP contribution < -0.4 is 5.32 Å². The summed E-state index contributed by atoms with van der Waals surface area (Å²) in [7, 11) is 0. The zero-order chi connectivity index (χ0) is 15.9. The fraction of sp³-hybridized carbons (Fsp3) is 0.524. The number of benzene rings is 1. The van der Waals surface area contributed by atoms with Crippen LogP contribution in [0.25, 0.3) is 0 Å². The summed E-state index contributed by atoms with van der Waals surface area (Å²) >= 11 is 0. The number of anilines is 1. The van der Waals surface area contributed by atoms with Gasteiger partial charge in [-0.05, 0) is 73.5 Å². The fourth-order valence-corrected chi connectivity index (χ4v) is 4.97. The third kappa shape index (κ3) is 2.42. The van der Waals surface area contributed by atoms with Gasteiger partial charge >= 0.3 is 0 Å². The average molecular weight is 319 g/mol. The van der Waals surface area contributed by atoms with Gasteiger partial charge in [-0.25, -0.2) is 9.97 Å². The van der Waals surface area contributed by atoms with Crippen LogP contribution in [0.15, 0.2) is 30.5 Å². The summed E-state index contributed by atoms with van der Waals surface area (Å²) in [6.45, 7) is 0. The molecule has 3 aliphatic carbocycles. The molecule has 3 atom stereocenters. The molecule has 1 aromatic carbocycles. The summed E-state index contributed by atoms with van der Waals surface area (Å²) in [5, 5.41) is 3.66. The Kier molecular flexibility index (Phi) is 3.53. The maximum Gasteiger partial charge on any atom is 0.223 e. The van der Waals surface area contributed by atoms with Crippen LogP contribution in [0.1, 0.15) is 60.4 Å². The van der Waals surface area contributed by atoms with Gasteiger partial charge in [-0.1, -0.05) is 30.7 Å². The highest BCUT2D eigenvalue weighted by Gasteiger charge is 2.44. The van der Waals surface area contributed by atoms with Crippen LogP contribution in [-0.2, 0) is 19.3 Å². The summed E-state index contributed by atoms with van der Waals surface area (Å²) in [5.74, 6) is 2.36. The highest BCUT2D eigenvalue weighted by molar-refractivity contribution is 5.40. The van der Waals surface area contributed by atoms with E-state index in [1.807, 2.05) is 0 Å². The highest BCUT2D eigenvalue weighted by Crippen LogP contribution is 2.50. The molecular formula is C21H25N3. The van der Waals surface area contributed by atoms with Gasteiger partial charge in [0.05, 0.1) is 0 Å². The number of hydrogen-bond acceptors (Lipinski definition) is 3. The monoisotopic (exact) mass is 319 g/mol. The molecule has 3 heteroatoms. The lowest BCUT2D eigenvalue weighted by molar-refractivity contribution is 0.193. The Bertz CT molecular complexity index is 754. The maximum absolute atomic E-state index is 4.85. The largest absolute Gasteiger partial charge is 0.351 e. The van der Waals surface area contributed by atoms with Crippen LogP contribution in [0.3, 0.4) is 0 Å². The van der Waals surface area contributed by atoms with Crippen molar-refractivity contribution in [2.75, 3.05) is 5.32 Å². The van der Waals surface area contributed by atoms with E-state index in [2.05, 4.69) is 40.8 Å². The van der Waals surface area contributed by atoms with Crippen molar-refractivity contribution in [3.8, 4) is 0 Å². The molecule has 3 nitrogen and oxygen atoms in total. The SMILES string of the molecule is c1ccc2c(c1)CCC1C(Nc3ncc4c(n3)CCCCC4)CC21. The van der Waals surface area contributed by atoms with E-state index in [0.717, 1.165) is 30.6 Å². The van der Waals surface area contributed by atoms with Crippen molar-refractivity contribution < 1.29 is 0 Å². The fourth-order valence-electron chi connectivity index (χ4n) is 4.97. The van der Waals surface area contributed by atoms with Crippen LogP contribution in [0.2, 0.25) is 0 Å². The van der Waals surface area contributed by atoms with E-state index in [1.54, 1.807) is 11.1 Å². The molecule has 0 spiro atoms. The summed E-state index contributed by atoms with van der Waals surface area (Å²) < 4.78 is 0. The van der Waals surface area contributed by atoms with E-state index in [1.165, 1.54) is 49.8 Å². The number of nitrogens with one attached hydrogen (secondary N) is 1. The number of nitrogens with zero attached hydrogens (tertiary/aromatic N) is 2. The van der Waals surface area contributed by atoms with E-state index in [0.29, 0.717) is 6.04 Å². The first-order valence-corrected chi connectivity index (χ1v) is 9.57. The van der Waals surface area contributed by atoms with E-state index >= 15 is 0 Å². The first kappa shape index (κ1) is 14.4. The zero-order valence-corrected chi connectivity index (χ0v) is 14.2. The van der Waals surface area contributed by atoms with Gasteiger partial charge in [0.15, 0.2) is 0 Å². The molecule has 24 heavy (non-hydrogen) atoms. The van der Waals surface area contributed by atoms with Crippen LogP contribution >= 0.6 is 0 Å². The smallest absolute Gasteiger partial charge is 0.223 e. The van der Waals surface area contributed by atoms with Crippen LogP contribution in [0.5, 0.6) is 0 Å². The number of aromatic nitrogens is 2. The predicted octanol–water partition coefficient (Wildman–Crippen LogP) is 4.28. The Labute approximate surface area is 143 Å². The Hall–Kier alpha value is -1.90. The Morgan fingerprint density at radius 1 is 0.958 bits per heavy atom. The standard InChI is InChI=1S/C21H25N3/c1-2-7-15-13-22-21(23-19(15)9-3-1)24-20-12-18-16-8-5-4-6-14(16)10-11-17(18)20/h4-6,8,13,17-18,20H,1-3,7,9-12H2,(H,22,23,24). The molecule has 0 aliphatic heterocycles. The number of fused-ring (bicyclic) bond motifs is 4. The molecule has 3 aliphatic rings. The lowest BCUT2D eigenvalue weighted by atomic mass is 9.60. The van der Waals surface area contributed by atoms with Crippen molar-refractivity contribution in [2.45, 2.75) is 63.3 Å². The van der Waals surface area contributed by atoms with Crippen molar-refractivity contribution in [3.05, 3.63) is 52.8 Å². The molecular weight excluding hydrogens is 294 g/mol. The molecule has 1 heterocycles. The van der Waals surface area contributed by atoms with E-state index in [9.17, 15) is 0 Å². The molecule has 5 rings (SSSR count). The highest BCUT2D eigenvalue weighted by atomic mass is 15.1. The normalized spacial score (nSPS) is 27.9. The van der Waals surface area contributed by atoms with Gasteiger partial charge in [0.25, 0.3) is 0 Å². The topological polar surface area (TPSA) is 37.8 Å². The summed E-state index contributed by atoms with van der Waals surface area (Å²) in [4.78, 5) is 9.47.